The highest BCUT2D eigenvalue weighted by Crippen LogP contribution is 2.28. The molecule has 116 valence electrons. The highest BCUT2D eigenvalue weighted by atomic mass is 35.5. The molecule has 4 nitrogen and oxygen atoms in total. The zero-order valence-corrected chi connectivity index (χ0v) is 13.4. The predicted molar refractivity (Wildman–Crippen MR) is 82.9 cm³/mol. The van der Waals surface area contributed by atoms with Gasteiger partial charge in [0.2, 0.25) is 10.0 Å². The molecule has 3 rings (SSSR count). The molecule has 1 N–H and O–H groups in total. The average Bonchev–Trinajstić information content (AvgIpc) is 3.22. The van der Waals surface area contributed by atoms with E-state index in [1.807, 2.05) is 24.3 Å². The summed E-state index contributed by atoms with van der Waals surface area (Å²) in [6.07, 6.45) is 3.16. The van der Waals surface area contributed by atoms with Crippen molar-refractivity contribution in [3.8, 4) is 0 Å². The number of nitrogens with one attached hydrogen (secondary N) is 1. The molecule has 0 unspecified atom stereocenters. The van der Waals surface area contributed by atoms with Crippen LogP contribution >= 0.6 is 11.6 Å². The van der Waals surface area contributed by atoms with E-state index in [1.165, 1.54) is 0 Å². The van der Waals surface area contributed by atoms with Gasteiger partial charge in [-0.25, -0.2) is 13.1 Å². The Morgan fingerprint density at radius 3 is 2.81 bits per heavy atom. The largest absolute Gasteiger partial charge is 0.381 e. The van der Waals surface area contributed by atoms with Crippen LogP contribution in [0, 0.1) is 5.92 Å². The van der Waals surface area contributed by atoms with Crippen LogP contribution in [-0.4, -0.2) is 32.9 Å². The van der Waals surface area contributed by atoms with Crippen LogP contribution < -0.4 is 4.72 Å². The normalized spacial score (nSPS) is 26.7. The van der Waals surface area contributed by atoms with Crippen LogP contribution in [0.25, 0.3) is 0 Å². The maximum atomic E-state index is 12.5. The third-order valence-electron chi connectivity index (χ3n) is 4.10. The lowest BCUT2D eigenvalue weighted by molar-refractivity contribution is 0.0570. The summed E-state index contributed by atoms with van der Waals surface area (Å²) in [5, 5.41) is 0.311. The molecule has 0 amide bonds. The molecule has 1 aliphatic carbocycles. The first-order valence-electron chi connectivity index (χ1n) is 7.38. The van der Waals surface area contributed by atoms with Crippen molar-refractivity contribution in [3.05, 3.63) is 34.9 Å². The lowest BCUT2D eigenvalue weighted by Gasteiger charge is -2.31. The minimum Gasteiger partial charge on any atom is -0.381 e. The standard InChI is InChI=1S/C15H20ClNO3S/c16-13-3-1-2-11(9-13)8-12-10-20-7-6-15(12)21(18,19)17-14-4-5-14/h1-3,9,12,14-15,17H,4-8,10H2/t12-,15+/m0/s1. The van der Waals surface area contributed by atoms with E-state index in [1.54, 1.807) is 0 Å². The molecule has 1 aliphatic heterocycles. The topological polar surface area (TPSA) is 55.4 Å². The van der Waals surface area contributed by atoms with Gasteiger partial charge in [0.05, 0.1) is 11.9 Å². The van der Waals surface area contributed by atoms with Gasteiger partial charge in [-0.15, -0.1) is 0 Å². The van der Waals surface area contributed by atoms with Gasteiger partial charge in [-0.1, -0.05) is 23.7 Å². The first-order chi connectivity index (χ1) is 10.0. The summed E-state index contributed by atoms with van der Waals surface area (Å²) in [6.45, 7) is 1.01. The molecule has 0 aromatic heterocycles. The number of hydrogen-bond donors (Lipinski definition) is 1. The molecule has 1 saturated carbocycles. The van der Waals surface area contributed by atoms with Crippen LogP contribution in [0.3, 0.4) is 0 Å². The van der Waals surface area contributed by atoms with Crippen LogP contribution in [0.4, 0.5) is 0 Å². The number of rotatable bonds is 5. The highest BCUT2D eigenvalue weighted by Gasteiger charge is 2.39. The van der Waals surface area contributed by atoms with E-state index in [0.717, 1.165) is 18.4 Å². The zero-order valence-electron chi connectivity index (χ0n) is 11.8. The molecule has 1 heterocycles. The van der Waals surface area contributed by atoms with Crippen LogP contribution in [0.1, 0.15) is 24.8 Å². The molecule has 1 aromatic carbocycles. The lowest BCUT2D eigenvalue weighted by Crippen LogP contribution is -2.45. The molecule has 6 heteroatoms. The summed E-state index contributed by atoms with van der Waals surface area (Å²) in [6, 6.07) is 7.76. The van der Waals surface area contributed by atoms with Crippen LogP contribution in [0.5, 0.6) is 0 Å². The summed E-state index contributed by atoms with van der Waals surface area (Å²) < 4.78 is 33.3. The minimum absolute atomic E-state index is 0.0199. The molecule has 2 aliphatic rings. The molecule has 2 fully saturated rings. The molecular weight excluding hydrogens is 310 g/mol. The van der Waals surface area contributed by atoms with E-state index in [9.17, 15) is 8.42 Å². The molecule has 0 radical (unpaired) electrons. The number of benzene rings is 1. The third kappa shape index (κ3) is 3.97. The van der Waals surface area contributed by atoms with Gasteiger partial charge in [-0.3, -0.25) is 0 Å². The second kappa shape index (κ2) is 6.24. The van der Waals surface area contributed by atoms with Gasteiger partial charge in [0.1, 0.15) is 0 Å². The van der Waals surface area contributed by atoms with Crippen LogP contribution in [-0.2, 0) is 21.2 Å². The summed E-state index contributed by atoms with van der Waals surface area (Å²) in [4.78, 5) is 0. The first-order valence-corrected chi connectivity index (χ1v) is 9.30. The van der Waals surface area contributed by atoms with Gasteiger partial charge in [0, 0.05) is 23.6 Å². The molecule has 0 spiro atoms. The second-order valence-electron chi connectivity index (χ2n) is 5.93. The highest BCUT2D eigenvalue weighted by molar-refractivity contribution is 7.90. The Morgan fingerprint density at radius 2 is 2.10 bits per heavy atom. The SMILES string of the molecule is O=S(=O)(NC1CC1)[C@@H]1CCOC[C@@H]1Cc1cccc(Cl)c1. The van der Waals surface area contributed by atoms with Crippen molar-refractivity contribution < 1.29 is 13.2 Å². The monoisotopic (exact) mass is 329 g/mol. The van der Waals surface area contributed by atoms with Crippen molar-refractivity contribution in [2.45, 2.75) is 37.0 Å². The Labute approximate surface area is 130 Å². The minimum atomic E-state index is -3.26. The number of ether oxygens (including phenoxy) is 1. The van der Waals surface area contributed by atoms with Gasteiger partial charge >= 0.3 is 0 Å². The number of sulfonamides is 1. The number of hydrogen-bond acceptors (Lipinski definition) is 3. The van der Waals surface area contributed by atoms with Crippen molar-refractivity contribution >= 4 is 21.6 Å². The van der Waals surface area contributed by atoms with E-state index in [4.69, 9.17) is 16.3 Å². The Morgan fingerprint density at radius 1 is 1.29 bits per heavy atom. The van der Waals surface area contributed by atoms with Crippen molar-refractivity contribution in [1.29, 1.82) is 0 Å². The fraction of sp³-hybridized carbons (Fsp3) is 0.600. The van der Waals surface area contributed by atoms with Gasteiger partial charge in [-0.2, -0.15) is 0 Å². The molecule has 21 heavy (non-hydrogen) atoms. The van der Waals surface area contributed by atoms with E-state index in [0.29, 0.717) is 31.1 Å². The summed E-state index contributed by atoms with van der Waals surface area (Å²) in [7, 11) is -3.26. The summed E-state index contributed by atoms with van der Waals surface area (Å²) in [5.74, 6) is -0.0199. The Hall–Kier alpha value is -0.620. The first kappa shape index (κ1) is 15.3. The van der Waals surface area contributed by atoms with Gasteiger partial charge in [-0.05, 0) is 43.4 Å². The third-order valence-corrected chi connectivity index (χ3v) is 6.41. The van der Waals surface area contributed by atoms with E-state index in [-0.39, 0.29) is 17.2 Å². The van der Waals surface area contributed by atoms with E-state index < -0.39 is 10.0 Å². The fourth-order valence-corrected chi connectivity index (χ4v) is 5.04. The Bertz CT molecular complexity index is 601. The Kier molecular flexibility index (Phi) is 4.54. The van der Waals surface area contributed by atoms with Gasteiger partial charge < -0.3 is 4.74 Å². The predicted octanol–water partition coefficient (Wildman–Crippen LogP) is 2.37. The van der Waals surface area contributed by atoms with Crippen molar-refractivity contribution in [2.24, 2.45) is 5.92 Å². The van der Waals surface area contributed by atoms with Crippen LogP contribution in [0.2, 0.25) is 5.02 Å². The fourth-order valence-electron chi connectivity index (χ4n) is 2.86. The van der Waals surface area contributed by atoms with Crippen LogP contribution in [0.15, 0.2) is 24.3 Å². The molecule has 1 saturated heterocycles. The summed E-state index contributed by atoms with van der Waals surface area (Å²) >= 11 is 6.00. The van der Waals surface area contributed by atoms with E-state index in [2.05, 4.69) is 4.72 Å². The van der Waals surface area contributed by atoms with Crippen molar-refractivity contribution in [3.63, 3.8) is 0 Å². The van der Waals surface area contributed by atoms with Gasteiger partial charge in [0.15, 0.2) is 0 Å². The van der Waals surface area contributed by atoms with E-state index >= 15 is 0 Å². The Balaban J connectivity index is 1.74. The quantitative estimate of drug-likeness (QED) is 0.902. The smallest absolute Gasteiger partial charge is 0.215 e. The molecule has 2 atom stereocenters. The number of halogens is 1. The van der Waals surface area contributed by atoms with Gasteiger partial charge in [0.25, 0.3) is 0 Å². The lowest BCUT2D eigenvalue weighted by atomic mass is 9.94. The maximum absolute atomic E-state index is 12.5. The van der Waals surface area contributed by atoms with Crippen molar-refractivity contribution in [2.75, 3.05) is 13.2 Å². The molecule has 1 aromatic rings. The molecular formula is C15H20ClNO3S. The van der Waals surface area contributed by atoms with Crippen molar-refractivity contribution in [1.82, 2.24) is 4.72 Å². The summed E-state index contributed by atoms with van der Waals surface area (Å²) in [5.41, 5.74) is 1.06. The second-order valence-corrected chi connectivity index (χ2v) is 8.30. The average molecular weight is 330 g/mol. The maximum Gasteiger partial charge on any atom is 0.215 e. The molecule has 0 bridgehead atoms. The zero-order chi connectivity index (χ0) is 14.9.